The Bertz CT molecular complexity index is 608. The highest BCUT2D eigenvalue weighted by atomic mass is 32.1. The summed E-state index contributed by atoms with van der Waals surface area (Å²) < 4.78 is 4.59. The summed E-state index contributed by atoms with van der Waals surface area (Å²) in [5, 5.41) is 3.49. The Hall–Kier alpha value is -0.740. The fraction of sp³-hybridized carbons (Fsp3) is 0.667. The van der Waals surface area contributed by atoms with E-state index in [4.69, 9.17) is 4.98 Å². The van der Waals surface area contributed by atoms with E-state index < -0.39 is 0 Å². The lowest BCUT2D eigenvalue weighted by Crippen LogP contribution is -2.20. The van der Waals surface area contributed by atoms with E-state index in [0.29, 0.717) is 17.8 Å². The molecule has 0 aromatic carbocycles. The molecule has 4 heteroatoms. The van der Waals surface area contributed by atoms with Gasteiger partial charge in [0.05, 0.1) is 16.4 Å². The summed E-state index contributed by atoms with van der Waals surface area (Å²) >= 11 is 3.46. The molecule has 1 atom stereocenters. The number of rotatable bonds is 6. The Morgan fingerprint density at radius 1 is 1.09 bits per heavy atom. The van der Waals surface area contributed by atoms with Gasteiger partial charge in [0.1, 0.15) is 0 Å². The number of thiazole rings is 1. The average molecular weight is 337 g/mol. The number of hydrogen-bond acceptors (Lipinski definition) is 4. The van der Waals surface area contributed by atoms with E-state index in [0.717, 1.165) is 6.42 Å². The van der Waals surface area contributed by atoms with E-state index in [1.165, 1.54) is 21.3 Å². The first-order valence-corrected chi connectivity index (χ1v) is 9.78. The molecule has 0 fully saturated rings. The molecule has 0 saturated carbocycles. The third-order valence-corrected chi connectivity index (χ3v) is 6.33. The van der Waals surface area contributed by atoms with Gasteiger partial charge in [0.15, 0.2) is 0 Å². The van der Waals surface area contributed by atoms with Crippen molar-refractivity contribution in [3.8, 4) is 0 Å². The maximum absolute atomic E-state index is 4.87. The molecule has 2 rings (SSSR count). The Kier molecular flexibility index (Phi) is 5.44. The first-order valence-electron chi connectivity index (χ1n) is 8.13. The Balaban J connectivity index is 2.12. The molecule has 2 heterocycles. The molecule has 0 aliphatic rings. The molecule has 0 radical (unpaired) electrons. The SMILES string of the molecule is CC(C)c1cc(C(C)CC(C)(C)c2csc(C(C)C)n2)sn1. The van der Waals surface area contributed by atoms with Crippen LogP contribution in [-0.2, 0) is 5.41 Å². The highest BCUT2D eigenvalue weighted by Gasteiger charge is 2.28. The monoisotopic (exact) mass is 336 g/mol. The van der Waals surface area contributed by atoms with Crippen molar-refractivity contribution in [2.24, 2.45) is 0 Å². The van der Waals surface area contributed by atoms with Gasteiger partial charge in [0.2, 0.25) is 0 Å². The molecular formula is C18H28N2S2. The fourth-order valence-corrected chi connectivity index (χ4v) is 4.58. The maximum Gasteiger partial charge on any atom is 0.0953 e. The van der Waals surface area contributed by atoms with Crippen LogP contribution in [0, 0.1) is 0 Å². The fourth-order valence-electron chi connectivity index (χ4n) is 2.64. The predicted molar refractivity (Wildman–Crippen MR) is 98.5 cm³/mol. The minimum absolute atomic E-state index is 0.102. The van der Waals surface area contributed by atoms with Crippen LogP contribution in [0.25, 0.3) is 0 Å². The van der Waals surface area contributed by atoms with Gasteiger partial charge in [-0.2, -0.15) is 4.37 Å². The lowest BCUT2D eigenvalue weighted by Gasteiger charge is -2.26. The first kappa shape index (κ1) is 17.6. The van der Waals surface area contributed by atoms with E-state index in [1.807, 2.05) is 0 Å². The normalized spacial score (nSPS) is 14.0. The molecule has 2 aromatic heterocycles. The molecule has 2 nitrogen and oxygen atoms in total. The molecule has 0 bridgehead atoms. The highest BCUT2D eigenvalue weighted by Crippen LogP contribution is 2.37. The number of hydrogen-bond donors (Lipinski definition) is 0. The minimum Gasteiger partial charge on any atom is -0.245 e. The van der Waals surface area contributed by atoms with Crippen molar-refractivity contribution in [2.75, 3.05) is 0 Å². The van der Waals surface area contributed by atoms with Gasteiger partial charge >= 0.3 is 0 Å². The zero-order valence-corrected chi connectivity index (χ0v) is 16.4. The van der Waals surface area contributed by atoms with Crippen LogP contribution in [0.5, 0.6) is 0 Å². The zero-order chi connectivity index (χ0) is 16.5. The van der Waals surface area contributed by atoms with E-state index >= 15 is 0 Å². The predicted octanol–water partition coefficient (Wildman–Crippen LogP) is 6.32. The van der Waals surface area contributed by atoms with Gasteiger partial charge in [0.25, 0.3) is 0 Å². The van der Waals surface area contributed by atoms with Gasteiger partial charge in [-0.05, 0) is 35.9 Å². The van der Waals surface area contributed by atoms with Crippen LogP contribution in [0.3, 0.4) is 0 Å². The van der Waals surface area contributed by atoms with Crippen molar-refractivity contribution in [3.05, 3.63) is 32.7 Å². The summed E-state index contributed by atoms with van der Waals surface area (Å²) in [5.74, 6) is 1.55. The molecule has 0 aliphatic heterocycles. The Morgan fingerprint density at radius 2 is 1.77 bits per heavy atom. The van der Waals surface area contributed by atoms with Gasteiger partial charge in [-0.3, -0.25) is 0 Å². The van der Waals surface area contributed by atoms with Gasteiger partial charge in [-0.15, -0.1) is 11.3 Å². The molecule has 0 amide bonds. The summed E-state index contributed by atoms with van der Waals surface area (Å²) in [6.45, 7) is 15.8. The van der Waals surface area contributed by atoms with Crippen LogP contribution in [0.1, 0.15) is 93.9 Å². The van der Waals surface area contributed by atoms with Crippen molar-refractivity contribution in [2.45, 2.75) is 78.1 Å². The summed E-state index contributed by atoms with van der Waals surface area (Å²) in [6.07, 6.45) is 1.11. The molecule has 1 unspecified atom stereocenters. The molecule has 22 heavy (non-hydrogen) atoms. The number of nitrogens with zero attached hydrogens (tertiary/aromatic N) is 2. The van der Waals surface area contributed by atoms with Crippen molar-refractivity contribution in [1.29, 1.82) is 0 Å². The molecule has 122 valence electrons. The second kappa shape index (κ2) is 6.79. The standard InChI is InChI=1S/C18H28N2S2/c1-11(2)14-8-15(22-20-14)13(5)9-18(6,7)16-10-21-17(19-16)12(3)4/h8,10-13H,9H2,1-7H3. The lowest BCUT2D eigenvalue weighted by molar-refractivity contribution is 0.431. The molecule has 0 spiro atoms. The van der Waals surface area contributed by atoms with Gasteiger partial charge in [-0.1, -0.05) is 48.5 Å². The van der Waals surface area contributed by atoms with Crippen molar-refractivity contribution in [3.63, 3.8) is 0 Å². The molecule has 0 aliphatic carbocycles. The van der Waals surface area contributed by atoms with Crippen LogP contribution < -0.4 is 0 Å². The van der Waals surface area contributed by atoms with Crippen LogP contribution >= 0.6 is 22.9 Å². The van der Waals surface area contributed by atoms with Crippen molar-refractivity contribution < 1.29 is 0 Å². The first-order chi connectivity index (χ1) is 10.2. The van der Waals surface area contributed by atoms with Crippen LogP contribution in [0.4, 0.5) is 0 Å². The molecule has 0 saturated heterocycles. The van der Waals surface area contributed by atoms with Crippen molar-refractivity contribution >= 4 is 22.9 Å². The van der Waals surface area contributed by atoms with Gasteiger partial charge in [0, 0.05) is 21.6 Å². The van der Waals surface area contributed by atoms with E-state index in [-0.39, 0.29) is 5.41 Å². The molecule has 0 N–H and O–H groups in total. The molecular weight excluding hydrogens is 308 g/mol. The summed E-state index contributed by atoms with van der Waals surface area (Å²) in [7, 11) is 0. The topological polar surface area (TPSA) is 25.8 Å². The highest BCUT2D eigenvalue weighted by molar-refractivity contribution is 7.09. The summed E-state index contributed by atoms with van der Waals surface area (Å²) in [6, 6.07) is 2.29. The third kappa shape index (κ3) is 3.96. The largest absolute Gasteiger partial charge is 0.245 e. The minimum atomic E-state index is 0.102. The lowest BCUT2D eigenvalue weighted by atomic mass is 9.80. The van der Waals surface area contributed by atoms with Crippen molar-refractivity contribution in [1.82, 2.24) is 9.36 Å². The quantitative estimate of drug-likeness (QED) is 0.617. The van der Waals surface area contributed by atoms with Gasteiger partial charge in [-0.25, -0.2) is 4.98 Å². The Morgan fingerprint density at radius 3 is 2.27 bits per heavy atom. The van der Waals surface area contributed by atoms with E-state index in [2.05, 4.69) is 64.3 Å². The number of aromatic nitrogens is 2. The molecule has 2 aromatic rings. The average Bonchev–Trinajstić information content (AvgIpc) is 3.08. The van der Waals surface area contributed by atoms with Crippen LogP contribution in [0.2, 0.25) is 0 Å². The second-order valence-corrected chi connectivity index (χ2v) is 9.25. The Labute approximate surface area is 143 Å². The summed E-state index contributed by atoms with van der Waals surface area (Å²) in [5.41, 5.74) is 2.56. The van der Waals surface area contributed by atoms with Gasteiger partial charge < -0.3 is 0 Å². The third-order valence-electron chi connectivity index (χ3n) is 4.15. The van der Waals surface area contributed by atoms with Crippen LogP contribution in [0.15, 0.2) is 11.4 Å². The smallest absolute Gasteiger partial charge is 0.0953 e. The summed E-state index contributed by atoms with van der Waals surface area (Å²) in [4.78, 5) is 6.27. The van der Waals surface area contributed by atoms with E-state index in [1.54, 1.807) is 22.9 Å². The van der Waals surface area contributed by atoms with E-state index in [9.17, 15) is 0 Å². The zero-order valence-electron chi connectivity index (χ0n) is 14.8. The maximum atomic E-state index is 4.87. The second-order valence-electron chi connectivity index (χ2n) is 7.52. The van der Waals surface area contributed by atoms with Crippen LogP contribution in [-0.4, -0.2) is 9.36 Å².